The van der Waals surface area contributed by atoms with Crippen molar-refractivity contribution in [3.63, 3.8) is 0 Å². The largest absolute Gasteiger partial charge is 0.381 e. The van der Waals surface area contributed by atoms with Crippen LogP contribution in [0.1, 0.15) is 19.8 Å². The van der Waals surface area contributed by atoms with Crippen molar-refractivity contribution in [1.82, 2.24) is 9.71 Å². The molecule has 1 aliphatic rings. The Morgan fingerprint density at radius 1 is 1.56 bits per heavy atom. The number of rotatable bonds is 4. The van der Waals surface area contributed by atoms with Gasteiger partial charge >= 0.3 is 0 Å². The SMILES string of the molecule is CC1(CNS(=O)(=O)c2cnc(Cl)s2)CCOCC1. The third-order valence-electron chi connectivity index (χ3n) is 3.11. The summed E-state index contributed by atoms with van der Waals surface area (Å²) >= 11 is 6.60. The molecule has 0 radical (unpaired) electrons. The molecule has 1 saturated heterocycles. The van der Waals surface area contributed by atoms with Gasteiger partial charge in [-0.05, 0) is 18.3 Å². The first kappa shape index (κ1) is 14.2. The van der Waals surface area contributed by atoms with Gasteiger partial charge in [0.05, 0.1) is 6.20 Å². The van der Waals surface area contributed by atoms with Crippen LogP contribution in [0, 0.1) is 5.41 Å². The van der Waals surface area contributed by atoms with E-state index in [1.54, 1.807) is 0 Å². The number of hydrogen-bond acceptors (Lipinski definition) is 5. The van der Waals surface area contributed by atoms with E-state index >= 15 is 0 Å². The summed E-state index contributed by atoms with van der Waals surface area (Å²) in [6.45, 7) is 3.85. The van der Waals surface area contributed by atoms with Crippen LogP contribution in [0.4, 0.5) is 0 Å². The molecule has 1 aromatic rings. The van der Waals surface area contributed by atoms with Crippen LogP contribution in [0.25, 0.3) is 0 Å². The number of ether oxygens (including phenoxy) is 1. The minimum Gasteiger partial charge on any atom is -0.381 e. The zero-order valence-electron chi connectivity index (χ0n) is 9.98. The standard InChI is InChI=1S/C10H15ClN2O3S2/c1-10(2-4-16-5-3-10)7-13-18(14,15)8-6-12-9(11)17-8/h6,13H,2-5,7H2,1H3. The average Bonchev–Trinajstić information content (AvgIpc) is 2.76. The van der Waals surface area contributed by atoms with Gasteiger partial charge in [0.25, 0.3) is 10.0 Å². The quantitative estimate of drug-likeness (QED) is 0.922. The Labute approximate surface area is 116 Å². The van der Waals surface area contributed by atoms with Crippen LogP contribution in [0.5, 0.6) is 0 Å². The second-order valence-electron chi connectivity index (χ2n) is 4.68. The van der Waals surface area contributed by atoms with Crippen LogP contribution in [0.15, 0.2) is 10.4 Å². The van der Waals surface area contributed by atoms with Crippen molar-refractivity contribution in [2.24, 2.45) is 5.41 Å². The highest BCUT2D eigenvalue weighted by Crippen LogP contribution is 2.30. The van der Waals surface area contributed by atoms with E-state index in [2.05, 4.69) is 16.6 Å². The third-order valence-corrected chi connectivity index (χ3v) is 6.09. The van der Waals surface area contributed by atoms with Crippen molar-refractivity contribution in [2.45, 2.75) is 24.0 Å². The van der Waals surface area contributed by atoms with Gasteiger partial charge < -0.3 is 4.74 Å². The monoisotopic (exact) mass is 310 g/mol. The summed E-state index contributed by atoms with van der Waals surface area (Å²) in [6.07, 6.45) is 3.00. The maximum Gasteiger partial charge on any atom is 0.251 e. The lowest BCUT2D eigenvalue weighted by Gasteiger charge is -2.33. The van der Waals surface area contributed by atoms with Crippen LogP contribution in [-0.2, 0) is 14.8 Å². The van der Waals surface area contributed by atoms with Gasteiger partial charge in [0.2, 0.25) is 0 Å². The second-order valence-corrected chi connectivity index (χ2v) is 8.29. The lowest BCUT2D eigenvalue weighted by molar-refractivity contribution is 0.0265. The van der Waals surface area contributed by atoms with Gasteiger partial charge in [-0.1, -0.05) is 29.9 Å². The number of thiazole rings is 1. The molecule has 0 aliphatic carbocycles. The Kier molecular flexibility index (Phi) is 4.28. The Morgan fingerprint density at radius 3 is 2.78 bits per heavy atom. The van der Waals surface area contributed by atoms with Crippen molar-refractivity contribution in [1.29, 1.82) is 0 Å². The molecule has 1 aromatic heterocycles. The van der Waals surface area contributed by atoms with Crippen molar-refractivity contribution < 1.29 is 13.2 Å². The Balaban J connectivity index is 2.01. The van der Waals surface area contributed by atoms with E-state index in [9.17, 15) is 8.42 Å². The van der Waals surface area contributed by atoms with Crippen molar-refractivity contribution in [3.8, 4) is 0 Å². The van der Waals surface area contributed by atoms with Gasteiger partial charge in [-0.3, -0.25) is 0 Å². The summed E-state index contributed by atoms with van der Waals surface area (Å²) in [7, 11) is -3.50. The smallest absolute Gasteiger partial charge is 0.251 e. The number of hydrogen-bond donors (Lipinski definition) is 1. The van der Waals surface area contributed by atoms with Gasteiger partial charge in [0.15, 0.2) is 8.68 Å². The van der Waals surface area contributed by atoms with Gasteiger partial charge in [-0.2, -0.15) is 0 Å². The van der Waals surface area contributed by atoms with E-state index in [1.807, 2.05) is 0 Å². The maximum atomic E-state index is 12.0. The summed E-state index contributed by atoms with van der Waals surface area (Å²) < 4.78 is 32.3. The lowest BCUT2D eigenvalue weighted by atomic mass is 9.83. The highest BCUT2D eigenvalue weighted by Gasteiger charge is 2.29. The molecule has 0 unspecified atom stereocenters. The van der Waals surface area contributed by atoms with E-state index in [0.29, 0.717) is 19.8 Å². The molecule has 8 heteroatoms. The fourth-order valence-electron chi connectivity index (χ4n) is 1.74. The minimum absolute atomic E-state index is 0.0419. The van der Waals surface area contributed by atoms with E-state index in [1.165, 1.54) is 6.20 Å². The predicted octanol–water partition coefficient (Wildman–Crippen LogP) is 1.89. The molecule has 1 aliphatic heterocycles. The number of nitrogens with zero attached hydrogens (tertiary/aromatic N) is 1. The van der Waals surface area contributed by atoms with E-state index in [4.69, 9.17) is 16.3 Å². The highest BCUT2D eigenvalue weighted by atomic mass is 35.5. The molecule has 0 spiro atoms. The number of sulfonamides is 1. The zero-order valence-corrected chi connectivity index (χ0v) is 12.4. The second kappa shape index (κ2) is 5.42. The van der Waals surface area contributed by atoms with Crippen molar-refractivity contribution in [3.05, 3.63) is 10.7 Å². The summed E-state index contributed by atoms with van der Waals surface area (Å²) in [4.78, 5) is 3.74. The summed E-state index contributed by atoms with van der Waals surface area (Å²) in [5, 5.41) is 0. The lowest BCUT2D eigenvalue weighted by Crippen LogP contribution is -2.39. The van der Waals surface area contributed by atoms with Crippen LogP contribution < -0.4 is 4.72 Å². The molecular weight excluding hydrogens is 296 g/mol. The third kappa shape index (κ3) is 3.42. The molecule has 0 atom stereocenters. The number of halogens is 1. The van der Waals surface area contributed by atoms with Crippen LogP contribution >= 0.6 is 22.9 Å². The van der Waals surface area contributed by atoms with E-state index in [-0.39, 0.29) is 14.1 Å². The first-order valence-electron chi connectivity index (χ1n) is 5.60. The summed E-state index contributed by atoms with van der Waals surface area (Å²) in [6, 6.07) is 0. The average molecular weight is 311 g/mol. The van der Waals surface area contributed by atoms with Gasteiger partial charge in [-0.25, -0.2) is 18.1 Å². The van der Waals surface area contributed by atoms with Crippen molar-refractivity contribution in [2.75, 3.05) is 19.8 Å². The number of nitrogens with one attached hydrogen (secondary N) is 1. The van der Waals surface area contributed by atoms with Crippen molar-refractivity contribution >= 4 is 33.0 Å². The molecule has 0 aromatic carbocycles. The normalized spacial score (nSPS) is 19.9. The van der Waals surface area contributed by atoms with Crippen LogP contribution in [0.3, 0.4) is 0 Å². The van der Waals surface area contributed by atoms with Crippen LogP contribution in [0.2, 0.25) is 4.47 Å². The van der Waals surface area contributed by atoms with E-state index in [0.717, 1.165) is 24.2 Å². The summed E-state index contributed by atoms with van der Waals surface area (Å²) in [5.41, 5.74) is -0.0419. The Bertz CT molecular complexity index is 509. The number of aromatic nitrogens is 1. The first-order valence-corrected chi connectivity index (χ1v) is 8.28. The molecule has 1 N–H and O–H groups in total. The van der Waals surface area contributed by atoms with Gasteiger partial charge in [-0.15, -0.1) is 0 Å². The molecular formula is C10H15ClN2O3S2. The molecule has 18 heavy (non-hydrogen) atoms. The molecule has 0 bridgehead atoms. The molecule has 5 nitrogen and oxygen atoms in total. The molecule has 2 rings (SSSR count). The highest BCUT2D eigenvalue weighted by molar-refractivity contribution is 7.91. The molecule has 102 valence electrons. The molecule has 0 saturated carbocycles. The first-order chi connectivity index (χ1) is 8.41. The molecule has 1 fully saturated rings. The van der Waals surface area contributed by atoms with Gasteiger partial charge in [0, 0.05) is 19.8 Å². The van der Waals surface area contributed by atoms with Gasteiger partial charge in [0.1, 0.15) is 0 Å². The Hall–Kier alpha value is -0.210. The topological polar surface area (TPSA) is 68.3 Å². The Morgan fingerprint density at radius 2 is 2.22 bits per heavy atom. The van der Waals surface area contributed by atoms with Crippen LogP contribution in [-0.4, -0.2) is 33.2 Å². The molecule has 0 amide bonds. The molecule has 2 heterocycles. The fraction of sp³-hybridized carbons (Fsp3) is 0.700. The minimum atomic E-state index is -3.50. The zero-order chi connectivity index (χ0) is 13.2. The fourth-order valence-corrected chi connectivity index (χ4v) is 4.28. The van der Waals surface area contributed by atoms with E-state index < -0.39 is 10.0 Å². The maximum absolute atomic E-state index is 12.0. The summed E-state index contributed by atoms with van der Waals surface area (Å²) in [5.74, 6) is 0. The predicted molar refractivity (Wildman–Crippen MR) is 70.5 cm³/mol.